The van der Waals surface area contributed by atoms with Gasteiger partial charge in [0.2, 0.25) is 0 Å². The summed E-state index contributed by atoms with van der Waals surface area (Å²) in [5.41, 5.74) is 6.09. The van der Waals surface area contributed by atoms with Gasteiger partial charge >= 0.3 is 0 Å². The van der Waals surface area contributed by atoms with Crippen LogP contribution in [0.3, 0.4) is 0 Å². The predicted molar refractivity (Wildman–Crippen MR) is 94.0 cm³/mol. The second-order valence-corrected chi connectivity index (χ2v) is 6.55. The molecular weight excluding hydrogens is 348 g/mol. The highest BCUT2D eigenvalue weighted by Crippen LogP contribution is 2.25. The Balaban J connectivity index is 2.46. The van der Waals surface area contributed by atoms with Crippen molar-refractivity contribution in [3.8, 4) is 5.69 Å². The monoisotopic (exact) mass is 363 g/mol. The summed E-state index contributed by atoms with van der Waals surface area (Å²) in [5.74, 6) is -1.43. The summed E-state index contributed by atoms with van der Waals surface area (Å²) in [5, 5.41) is 0.388. The quantitative estimate of drug-likeness (QED) is 0.765. The fourth-order valence-electron chi connectivity index (χ4n) is 2.65. The molecule has 2 aromatic carbocycles. The van der Waals surface area contributed by atoms with Gasteiger partial charge in [-0.05, 0) is 30.2 Å². The molecule has 0 aliphatic heterocycles. The Bertz CT molecular complexity index is 997. The first-order valence-electron chi connectivity index (χ1n) is 7.73. The lowest BCUT2D eigenvalue weighted by molar-refractivity contribution is 0.479. The Kier molecular flexibility index (Phi) is 4.58. The summed E-state index contributed by atoms with van der Waals surface area (Å²) in [4.78, 5) is 17.5. The van der Waals surface area contributed by atoms with Crippen LogP contribution in [0.5, 0.6) is 0 Å². The van der Waals surface area contributed by atoms with Crippen molar-refractivity contribution in [1.82, 2.24) is 9.55 Å². The molecule has 0 spiro atoms. The fraction of sp³-hybridized carbons (Fsp3) is 0.222. The summed E-state index contributed by atoms with van der Waals surface area (Å²) < 4.78 is 28.5. The standard InChI is InChI=1S/C18H16ClF2N3O/c1-9(2)16(22)17-23-14-5-3-4-13(19)15(14)18(25)24(17)12-7-10(20)6-11(21)8-12/h3-9,16H,22H2,1-2H3/t16-/m0/s1. The molecule has 1 heterocycles. The summed E-state index contributed by atoms with van der Waals surface area (Å²) in [6.07, 6.45) is 0. The molecule has 0 fully saturated rings. The minimum atomic E-state index is -0.801. The molecule has 2 N–H and O–H groups in total. The number of aromatic nitrogens is 2. The molecule has 0 amide bonds. The summed E-state index contributed by atoms with van der Waals surface area (Å²) in [6, 6.07) is 7.13. The van der Waals surface area contributed by atoms with E-state index in [1.807, 2.05) is 13.8 Å². The summed E-state index contributed by atoms with van der Waals surface area (Å²) in [6.45, 7) is 3.74. The van der Waals surface area contributed by atoms with Crippen molar-refractivity contribution in [1.29, 1.82) is 0 Å². The van der Waals surface area contributed by atoms with Gasteiger partial charge in [-0.25, -0.2) is 13.8 Å². The number of nitrogens with zero attached hydrogens (tertiary/aromatic N) is 2. The number of hydrogen-bond acceptors (Lipinski definition) is 3. The summed E-state index contributed by atoms with van der Waals surface area (Å²) >= 11 is 6.15. The zero-order valence-corrected chi connectivity index (χ0v) is 14.4. The smallest absolute Gasteiger partial charge is 0.267 e. The number of nitrogens with two attached hydrogens (primary N) is 1. The lowest BCUT2D eigenvalue weighted by atomic mass is 10.0. The number of benzene rings is 2. The molecule has 0 aliphatic carbocycles. The maximum Gasteiger partial charge on any atom is 0.267 e. The zero-order valence-electron chi connectivity index (χ0n) is 13.6. The first-order valence-corrected chi connectivity index (χ1v) is 8.10. The zero-order chi connectivity index (χ0) is 18.3. The van der Waals surface area contributed by atoms with Crippen molar-refractivity contribution in [2.75, 3.05) is 0 Å². The molecule has 25 heavy (non-hydrogen) atoms. The van der Waals surface area contributed by atoms with Crippen molar-refractivity contribution in [3.05, 3.63) is 69.2 Å². The van der Waals surface area contributed by atoms with E-state index in [1.165, 1.54) is 0 Å². The minimum absolute atomic E-state index is 0.0166. The van der Waals surface area contributed by atoms with Gasteiger partial charge in [0.15, 0.2) is 0 Å². The molecule has 0 unspecified atom stereocenters. The summed E-state index contributed by atoms with van der Waals surface area (Å²) in [7, 11) is 0. The Hall–Kier alpha value is -2.31. The van der Waals surface area contributed by atoms with Gasteiger partial charge < -0.3 is 5.73 Å². The Labute approximate surface area is 147 Å². The van der Waals surface area contributed by atoms with Gasteiger partial charge in [0.1, 0.15) is 17.5 Å². The third-order valence-corrected chi connectivity index (χ3v) is 4.31. The Morgan fingerprint density at radius 3 is 2.40 bits per heavy atom. The Morgan fingerprint density at radius 1 is 1.16 bits per heavy atom. The van der Waals surface area contributed by atoms with Crippen LogP contribution in [-0.2, 0) is 0 Å². The first kappa shape index (κ1) is 17.5. The van der Waals surface area contributed by atoms with Crippen LogP contribution >= 0.6 is 11.6 Å². The largest absolute Gasteiger partial charge is 0.321 e. The second kappa shape index (κ2) is 6.54. The van der Waals surface area contributed by atoms with Crippen molar-refractivity contribution in [3.63, 3.8) is 0 Å². The van der Waals surface area contributed by atoms with Crippen LogP contribution in [0.1, 0.15) is 25.7 Å². The molecule has 0 aliphatic rings. The highest BCUT2D eigenvalue weighted by atomic mass is 35.5. The van der Waals surface area contributed by atoms with Crippen LogP contribution in [0.2, 0.25) is 5.02 Å². The van der Waals surface area contributed by atoms with Crippen LogP contribution in [0.25, 0.3) is 16.6 Å². The highest BCUT2D eigenvalue weighted by Gasteiger charge is 2.22. The number of fused-ring (bicyclic) bond motifs is 1. The van der Waals surface area contributed by atoms with E-state index in [1.54, 1.807) is 18.2 Å². The molecule has 1 atom stereocenters. The second-order valence-electron chi connectivity index (χ2n) is 6.14. The molecule has 7 heteroatoms. The lowest BCUT2D eigenvalue weighted by Gasteiger charge is -2.21. The third kappa shape index (κ3) is 3.15. The van der Waals surface area contributed by atoms with Gasteiger partial charge in [-0.15, -0.1) is 0 Å². The lowest BCUT2D eigenvalue weighted by Crippen LogP contribution is -2.31. The number of hydrogen-bond donors (Lipinski definition) is 1. The molecular formula is C18H16ClF2N3O. The average molecular weight is 364 g/mol. The van der Waals surface area contributed by atoms with Gasteiger partial charge in [-0.2, -0.15) is 0 Å². The molecule has 1 aromatic heterocycles. The highest BCUT2D eigenvalue weighted by molar-refractivity contribution is 6.35. The van der Waals surface area contributed by atoms with Crippen LogP contribution in [-0.4, -0.2) is 9.55 Å². The van der Waals surface area contributed by atoms with E-state index in [4.69, 9.17) is 17.3 Å². The predicted octanol–water partition coefficient (Wildman–Crippen LogP) is 3.97. The third-order valence-electron chi connectivity index (χ3n) is 3.99. The first-order chi connectivity index (χ1) is 11.8. The molecule has 3 aromatic rings. The maximum atomic E-state index is 13.7. The molecule has 0 saturated heterocycles. The SMILES string of the molecule is CC(C)[C@H](N)c1nc2cccc(Cl)c2c(=O)n1-c1cc(F)cc(F)c1. The normalized spacial score (nSPS) is 12.8. The van der Waals surface area contributed by atoms with E-state index < -0.39 is 23.2 Å². The van der Waals surface area contributed by atoms with Crippen molar-refractivity contribution >= 4 is 22.5 Å². The minimum Gasteiger partial charge on any atom is -0.321 e. The topological polar surface area (TPSA) is 60.9 Å². The van der Waals surface area contributed by atoms with E-state index in [0.29, 0.717) is 5.52 Å². The Morgan fingerprint density at radius 2 is 1.80 bits per heavy atom. The van der Waals surface area contributed by atoms with Crippen molar-refractivity contribution in [2.24, 2.45) is 11.7 Å². The molecule has 0 bridgehead atoms. The molecule has 4 nitrogen and oxygen atoms in total. The van der Waals surface area contributed by atoms with Crippen LogP contribution in [0.4, 0.5) is 8.78 Å². The van der Waals surface area contributed by atoms with Crippen LogP contribution in [0.15, 0.2) is 41.2 Å². The van der Waals surface area contributed by atoms with Crippen molar-refractivity contribution < 1.29 is 8.78 Å². The molecule has 0 saturated carbocycles. The van der Waals surface area contributed by atoms with E-state index in [2.05, 4.69) is 4.98 Å². The molecule has 130 valence electrons. The molecule has 3 rings (SSSR count). The number of halogens is 3. The van der Waals surface area contributed by atoms with E-state index in [0.717, 1.165) is 22.8 Å². The van der Waals surface area contributed by atoms with Gasteiger partial charge in [0.25, 0.3) is 5.56 Å². The van der Waals surface area contributed by atoms with Crippen LogP contribution < -0.4 is 11.3 Å². The average Bonchev–Trinajstić information content (AvgIpc) is 2.52. The van der Waals surface area contributed by atoms with E-state index >= 15 is 0 Å². The maximum absolute atomic E-state index is 13.7. The van der Waals surface area contributed by atoms with Gasteiger partial charge in [0.05, 0.1) is 27.7 Å². The van der Waals surface area contributed by atoms with Gasteiger partial charge in [0, 0.05) is 6.07 Å². The van der Waals surface area contributed by atoms with Crippen molar-refractivity contribution in [2.45, 2.75) is 19.9 Å². The van der Waals surface area contributed by atoms with Gasteiger partial charge in [-0.3, -0.25) is 9.36 Å². The van der Waals surface area contributed by atoms with E-state index in [-0.39, 0.29) is 27.8 Å². The van der Waals surface area contributed by atoms with E-state index in [9.17, 15) is 13.6 Å². The van der Waals surface area contributed by atoms with Crippen LogP contribution in [0, 0.1) is 17.6 Å². The number of rotatable bonds is 3. The fourth-order valence-corrected chi connectivity index (χ4v) is 2.90. The molecule has 0 radical (unpaired) electrons. The van der Waals surface area contributed by atoms with Gasteiger partial charge in [-0.1, -0.05) is 31.5 Å².